The van der Waals surface area contributed by atoms with Gasteiger partial charge in [0.2, 0.25) is 0 Å². The Kier molecular flexibility index (Phi) is 13.5. The first-order valence-electron chi connectivity index (χ1n) is 9.52. The molecule has 0 saturated heterocycles. The summed E-state index contributed by atoms with van der Waals surface area (Å²) in [6.07, 6.45) is 3.35. The molecule has 14 heteroatoms. The third-order valence-electron chi connectivity index (χ3n) is 3.38. The van der Waals surface area contributed by atoms with Crippen molar-refractivity contribution in [1.82, 2.24) is 9.97 Å². The van der Waals surface area contributed by atoms with Crippen LogP contribution in [0.5, 0.6) is 0 Å². The molecule has 2 rings (SSSR count). The molecule has 0 radical (unpaired) electrons. The molecule has 0 aromatic carbocycles. The zero-order valence-electron chi connectivity index (χ0n) is 19.0. The molecular weight excluding hydrogens is 468 g/mol. The van der Waals surface area contributed by atoms with Crippen molar-refractivity contribution < 1.29 is 44.2 Å². The van der Waals surface area contributed by atoms with E-state index in [2.05, 4.69) is 9.97 Å². The Morgan fingerprint density at radius 3 is 1.28 bits per heavy atom. The van der Waals surface area contributed by atoms with Crippen molar-refractivity contribution in [3.8, 4) is 0 Å². The fraction of sp³-hybridized carbons (Fsp3) is 0.667. The number of hydrogen-bond acceptors (Lipinski definition) is 10. The Balaban J connectivity index is 0.000000452. The van der Waals surface area contributed by atoms with Gasteiger partial charge in [-0.3, -0.25) is 9.11 Å². The van der Waals surface area contributed by atoms with Crippen LogP contribution in [0.2, 0.25) is 0 Å². The molecule has 0 aliphatic heterocycles. The average Bonchev–Trinajstić information content (AvgIpc) is 3.24. The second-order valence-corrected chi connectivity index (χ2v) is 10.2. The van der Waals surface area contributed by atoms with Crippen molar-refractivity contribution in [2.75, 3.05) is 11.5 Å². The molecule has 2 N–H and O–H groups in total. The summed E-state index contributed by atoms with van der Waals surface area (Å²) in [4.78, 5) is 7.90. The maximum absolute atomic E-state index is 9.86. The van der Waals surface area contributed by atoms with Gasteiger partial charge in [-0.15, -0.1) is 0 Å². The molecule has 0 spiro atoms. The Labute approximate surface area is 188 Å². The monoisotopic (exact) mass is 500 g/mol. The Morgan fingerprint density at radius 2 is 1.09 bits per heavy atom. The summed E-state index contributed by atoms with van der Waals surface area (Å²) in [6.45, 7) is 12.8. The molecular formula is C18H32N2O10S2. The first-order valence-corrected chi connectivity index (χ1v) is 12.7. The van der Waals surface area contributed by atoms with Crippen LogP contribution < -0.4 is 0 Å². The van der Waals surface area contributed by atoms with E-state index in [0.717, 1.165) is 22.9 Å². The summed E-state index contributed by atoms with van der Waals surface area (Å²) < 4.78 is 76.2. The summed E-state index contributed by atoms with van der Waals surface area (Å²) in [7, 11) is -8.59. The lowest BCUT2D eigenvalue weighted by Crippen LogP contribution is -2.15. The van der Waals surface area contributed by atoms with Gasteiger partial charge in [-0.2, -0.15) is 16.8 Å². The van der Waals surface area contributed by atoms with E-state index >= 15 is 0 Å². The SMILES string of the molecule is Cc1ncoc1COC(C)C.Cc1ncoc1COC(C)C.O=S(=O)(O)CCS(=O)(=O)O. The number of nitrogens with zero attached hydrogens (tertiary/aromatic N) is 2. The minimum absolute atomic E-state index is 0.236. The van der Waals surface area contributed by atoms with Crippen LogP contribution in [0, 0.1) is 13.8 Å². The molecule has 0 aliphatic carbocycles. The van der Waals surface area contributed by atoms with Gasteiger partial charge in [0.15, 0.2) is 24.3 Å². The molecule has 2 aromatic rings. The first kappa shape index (κ1) is 30.2. The predicted octanol–water partition coefficient (Wildman–Crippen LogP) is 2.58. The van der Waals surface area contributed by atoms with Crippen molar-refractivity contribution >= 4 is 20.2 Å². The molecule has 32 heavy (non-hydrogen) atoms. The lowest BCUT2D eigenvalue weighted by atomic mass is 10.4. The lowest BCUT2D eigenvalue weighted by molar-refractivity contribution is 0.0540. The normalized spacial score (nSPS) is 11.7. The van der Waals surface area contributed by atoms with Crippen LogP contribution in [-0.2, 0) is 42.9 Å². The number of aromatic nitrogens is 2. The maximum atomic E-state index is 9.86. The third kappa shape index (κ3) is 16.8. The largest absolute Gasteiger partial charge is 0.446 e. The van der Waals surface area contributed by atoms with Crippen molar-refractivity contribution in [3.63, 3.8) is 0 Å². The van der Waals surface area contributed by atoms with Crippen LogP contribution in [0.25, 0.3) is 0 Å². The van der Waals surface area contributed by atoms with Crippen LogP contribution in [0.15, 0.2) is 21.6 Å². The van der Waals surface area contributed by atoms with Gasteiger partial charge in [-0.05, 0) is 41.5 Å². The Morgan fingerprint density at radius 1 is 0.781 bits per heavy atom. The van der Waals surface area contributed by atoms with Gasteiger partial charge in [0, 0.05) is 0 Å². The second kappa shape index (κ2) is 14.3. The number of ether oxygens (including phenoxy) is 2. The van der Waals surface area contributed by atoms with Crippen molar-refractivity contribution in [1.29, 1.82) is 0 Å². The summed E-state index contributed by atoms with van der Waals surface area (Å²) in [5.74, 6) is -0.324. The predicted molar refractivity (Wildman–Crippen MR) is 115 cm³/mol. The van der Waals surface area contributed by atoms with Crippen LogP contribution in [-0.4, -0.2) is 59.6 Å². The molecule has 12 nitrogen and oxygen atoms in total. The third-order valence-corrected chi connectivity index (χ3v) is 5.08. The fourth-order valence-electron chi connectivity index (χ4n) is 1.62. The molecule has 186 valence electrons. The highest BCUT2D eigenvalue weighted by molar-refractivity contribution is 7.89. The number of hydrogen-bond donors (Lipinski definition) is 2. The highest BCUT2D eigenvalue weighted by Gasteiger charge is 2.11. The highest BCUT2D eigenvalue weighted by Crippen LogP contribution is 2.08. The number of aryl methyl sites for hydroxylation is 2. The van der Waals surface area contributed by atoms with E-state index in [1.54, 1.807) is 0 Å². The van der Waals surface area contributed by atoms with Crippen LogP contribution in [0.1, 0.15) is 50.6 Å². The van der Waals surface area contributed by atoms with E-state index in [-0.39, 0.29) is 12.2 Å². The molecule has 0 amide bonds. The summed E-state index contributed by atoms with van der Waals surface area (Å²) in [5, 5.41) is 0. The van der Waals surface area contributed by atoms with E-state index in [9.17, 15) is 16.8 Å². The van der Waals surface area contributed by atoms with Crippen molar-refractivity contribution in [3.05, 3.63) is 35.7 Å². The fourth-order valence-corrected chi connectivity index (χ4v) is 3.31. The summed E-state index contributed by atoms with van der Waals surface area (Å²) >= 11 is 0. The van der Waals surface area contributed by atoms with E-state index < -0.39 is 31.7 Å². The molecule has 2 heterocycles. The van der Waals surface area contributed by atoms with Crippen LogP contribution >= 0.6 is 0 Å². The van der Waals surface area contributed by atoms with Crippen molar-refractivity contribution in [2.24, 2.45) is 0 Å². The molecule has 0 aliphatic rings. The van der Waals surface area contributed by atoms with E-state index in [1.165, 1.54) is 12.8 Å². The summed E-state index contributed by atoms with van der Waals surface area (Å²) in [5.41, 5.74) is 1.82. The van der Waals surface area contributed by atoms with Gasteiger partial charge < -0.3 is 18.3 Å². The van der Waals surface area contributed by atoms with E-state index in [4.69, 9.17) is 27.4 Å². The topological polar surface area (TPSA) is 179 Å². The molecule has 0 unspecified atom stereocenters. The minimum Gasteiger partial charge on any atom is -0.446 e. The molecule has 0 saturated carbocycles. The van der Waals surface area contributed by atoms with E-state index in [0.29, 0.717) is 13.2 Å². The van der Waals surface area contributed by atoms with Gasteiger partial charge in [0.25, 0.3) is 20.2 Å². The number of rotatable bonds is 9. The standard InChI is InChI=1S/2C8H13NO2.C2H6O6S2/c2*1-6(2)10-4-8-7(3)9-5-11-8;3-9(4,5)1-2-10(6,7)8/h2*5-6H,4H2,1-3H3;1-2H2,(H,3,4,5)(H,6,7,8). The van der Waals surface area contributed by atoms with Gasteiger partial charge in [-0.1, -0.05) is 0 Å². The van der Waals surface area contributed by atoms with Gasteiger partial charge in [-0.25, -0.2) is 9.97 Å². The smallest absolute Gasteiger partial charge is 0.265 e. The van der Waals surface area contributed by atoms with E-state index in [1.807, 2.05) is 41.5 Å². The molecule has 0 fully saturated rings. The number of oxazole rings is 2. The quantitative estimate of drug-likeness (QED) is 0.481. The lowest BCUT2D eigenvalue weighted by Gasteiger charge is -2.04. The maximum Gasteiger partial charge on any atom is 0.265 e. The zero-order chi connectivity index (χ0) is 24.9. The minimum atomic E-state index is -4.30. The molecule has 2 aromatic heterocycles. The van der Waals surface area contributed by atoms with Crippen LogP contribution in [0.4, 0.5) is 0 Å². The molecule has 0 bridgehead atoms. The average molecular weight is 501 g/mol. The van der Waals surface area contributed by atoms with Crippen LogP contribution in [0.3, 0.4) is 0 Å². The first-order chi connectivity index (χ1) is 14.6. The van der Waals surface area contributed by atoms with Gasteiger partial charge in [0.05, 0.1) is 35.1 Å². The zero-order valence-corrected chi connectivity index (χ0v) is 20.6. The second-order valence-electron chi connectivity index (χ2n) is 7.01. The Bertz CT molecular complexity index is 899. The van der Waals surface area contributed by atoms with Gasteiger partial charge >= 0.3 is 0 Å². The highest BCUT2D eigenvalue weighted by atomic mass is 32.2. The summed E-state index contributed by atoms with van der Waals surface area (Å²) in [6, 6.07) is 0. The Hall–Kier alpha value is -1.84. The van der Waals surface area contributed by atoms with Gasteiger partial charge in [0.1, 0.15) is 13.2 Å². The molecule has 0 atom stereocenters. The van der Waals surface area contributed by atoms with Crippen molar-refractivity contribution in [2.45, 2.75) is 67.0 Å².